The molecular weight excluding hydrogens is 768 g/mol. The van der Waals surface area contributed by atoms with Crippen molar-refractivity contribution >= 4 is 82.0 Å². The third kappa shape index (κ3) is 18.3. The van der Waals surface area contributed by atoms with Gasteiger partial charge in [-0.2, -0.15) is 0 Å². The van der Waals surface area contributed by atoms with Gasteiger partial charge in [0.15, 0.2) is 0 Å². The Bertz CT molecular complexity index is 1610. The Morgan fingerprint density at radius 3 is 1.94 bits per heavy atom. The molecule has 2 N–H and O–H groups in total. The number of methoxy groups -OCH3 is 1. The lowest BCUT2D eigenvalue weighted by atomic mass is 10.2. The molecule has 0 amide bonds. The number of nitrogens with zero attached hydrogens (tertiary/aromatic N) is 2. The van der Waals surface area contributed by atoms with Gasteiger partial charge in [0.25, 0.3) is 0 Å². The molecule has 0 aromatic heterocycles. The summed E-state index contributed by atoms with van der Waals surface area (Å²) in [7, 11) is 1.37. The van der Waals surface area contributed by atoms with E-state index in [2.05, 4.69) is 5.32 Å². The molecule has 15 heteroatoms. The third-order valence-corrected chi connectivity index (χ3v) is 8.83. The Balaban J connectivity index is 0.000000477. The van der Waals surface area contributed by atoms with E-state index in [1.807, 2.05) is 62.1 Å². The highest BCUT2D eigenvalue weighted by molar-refractivity contribution is 6.42. The highest BCUT2D eigenvalue weighted by Gasteiger charge is 2.21. The standard InChI is InChI=1S/C27H36Cl2N2O5.C11H11Cl2NO3/c1-27(2,3)36-25(32)12-15-31(21-10-11-22(28)23(29)18-21)16-14-30-24(26(33)34-4)13-17-35-19-20-8-6-5-7-9-20;12-9-2-1-8(7-10(9)13)14(5-6-15)4-3-11(16)17/h5-11,18,24,30H,12-17,19H2,1-4H3;1-2,6-7H,3-5H2,(H,16,17)/t24-;/m0./s1. The van der Waals surface area contributed by atoms with Crippen LogP contribution in [0.5, 0.6) is 0 Å². The largest absolute Gasteiger partial charge is 0.481 e. The number of hydrogen-bond donors (Lipinski definition) is 2. The zero-order valence-electron chi connectivity index (χ0n) is 30.3. The first-order valence-corrected chi connectivity index (χ1v) is 18.3. The summed E-state index contributed by atoms with van der Waals surface area (Å²) in [5, 5.41) is 13.5. The first-order valence-electron chi connectivity index (χ1n) is 16.8. The molecule has 11 nitrogen and oxygen atoms in total. The molecule has 0 fully saturated rings. The maximum Gasteiger partial charge on any atom is 0.322 e. The van der Waals surface area contributed by atoms with E-state index < -0.39 is 17.6 Å². The number of nitrogens with one attached hydrogen (secondary N) is 1. The number of carbonyl (C=O) groups excluding carboxylic acids is 3. The van der Waals surface area contributed by atoms with Crippen molar-refractivity contribution in [2.75, 3.05) is 56.2 Å². The van der Waals surface area contributed by atoms with E-state index in [0.29, 0.717) is 71.3 Å². The van der Waals surface area contributed by atoms with Gasteiger partial charge in [-0.25, -0.2) is 0 Å². The minimum Gasteiger partial charge on any atom is -0.481 e. The van der Waals surface area contributed by atoms with Gasteiger partial charge in [0, 0.05) is 44.2 Å². The molecule has 0 spiro atoms. The van der Waals surface area contributed by atoms with E-state index in [1.54, 1.807) is 35.2 Å². The summed E-state index contributed by atoms with van der Waals surface area (Å²) >= 11 is 23.9. The van der Waals surface area contributed by atoms with Crippen LogP contribution >= 0.6 is 46.4 Å². The normalized spacial score (nSPS) is 11.5. The van der Waals surface area contributed by atoms with Crippen molar-refractivity contribution in [2.45, 2.75) is 58.3 Å². The molecule has 0 aliphatic carbocycles. The molecule has 290 valence electrons. The van der Waals surface area contributed by atoms with E-state index in [1.165, 1.54) is 7.11 Å². The fourth-order valence-corrected chi connectivity index (χ4v) is 5.37. The Morgan fingerprint density at radius 2 is 1.42 bits per heavy atom. The molecular formula is C38H47Cl4N3O8. The fourth-order valence-electron chi connectivity index (χ4n) is 4.78. The van der Waals surface area contributed by atoms with E-state index in [-0.39, 0.29) is 37.9 Å². The molecule has 0 saturated heterocycles. The maximum absolute atomic E-state index is 12.3. The van der Waals surface area contributed by atoms with Crippen LogP contribution in [0.25, 0.3) is 0 Å². The van der Waals surface area contributed by atoms with Crippen LogP contribution in [0.4, 0.5) is 11.4 Å². The average Bonchev–Trinajstić information content (AvgIpc) is 3.11. The van der Waals surface area contributed by atoms with Crippen molar-refractivity contribution in [3.8, 4) is 0 Å². The number of esters is 2. The Labute approximate surface area is 331 Å². The van der Waals surface area contributed by atoms with E-state index in [0.717, 1.165) is 11.3 Å². The molecule has 1 atom stereocenters. The van der Waals surface area contributed by atoms with Crippen molar-refractivity contribution in [1.29, 1.82) is 0 Å². The van der Waals surface area contributed by atoms with Gasteiger partial charge in [-0.15, -0.1) is 0 Å². The van der Waals surface area contributed by atoms with Gasteiger partial charge in [0.05, 0.1) is 53.2 Å². The van der Waals surface area contributed by atoms with Gasteiger partial charge in [-0.3, -0.25) is 14.4 Å². The number of carboxylic acids is 1. The number of aliphatic carboxylic acids is 1. The second kappa shape index (κ2) is 24.0. The highest BCUT2D eigenvalue weighted by Crippen LogP contribution is 2.28. The summed E-state index contributed by atoms with van der Waals surface area (Å²) in [5.74, 6) is -1.56. The van der Waals surface area contributed by atoms with Gasteiger partial charge in [-0.1, -0.05) is 76.7 Å². The summed E-state index contributed by atoms with van der Waals surface area (Å²) in [6, 6.07) is 19.6. The number of halogens is 4. The molecule has 3 rings (SSSR count). The summed E-state index contributed by atoms with van der Waals surface area (Å²) in [4.78, 5) is 49.3. The van der Waals surface area contributed by atoms with Crippen molar-refractivity contribution in [1.82, 2.24) is 5.32 Å². The number of hydrogen-bond acceptors (Lipinski definition) is 10. The van der Waals surface area contributed by atoms with E-state index in [9.17, 15) is 19.2 Å². The van der Waals surface area contributed by atoms with E-state index >= 15 is 0 Å². The van der Waals surface area contributed by atoms with Crippen molar-refractivity contribution < 1.29 is 38.5 Å². The van der Waals surface area contributed by atoms with Crippen LogP contribution in [0.15, 0.2) is 66.7 Å². The Morgan fingerprint density at radius 1 is 0.830 bits per heavy atom. The number of carboxylic acid groups (broad SMARTS) is 1. The van der Waals surface area contributed by atoms with Crippen molar-refractivity contribution in [2.24, 2.45) is 0 Å². The Hall–Kier alpha value is -3.58. The van der Waals surface area contributed by atoms with Gasteiger partial charge < -0.3 is 39.2 Å². The molecule has 0 aliphatic rings. The third-order valence-electron chi connectivity index (χ3n) is 7.35. The zero-order chi connectivity index (χ0) is 39.4. The van der Waals surface area contributed by atoms with Crippen LogP contribution in [0.1, 0.15) is 45.6 Å². The topological polar surface area (TPSA) is 135 Å². The lowest BCUT2D eigenvalue weighted by Crippen LogP contribution is -2.43. The molecule has 0 bridgehead atoms. The number of benzene rings is 3. The first kappa shape index (κ1) is 45.6. The number of ether oxygens (including phenoxy) is 3. The molecule has 0 aliphatic heterocycles. The molecule has 0 radical (unpaired) electrons. The number of aldehydes is 1. The van der Waals surface area contributed by atoms with Crippen molar-refractivity contribution in [3.05, 3.63) is 92.4 Å². The molecule has 0 heterocycles. The molecule has 0 unspecified atom stereocenters. The maximum atomic E-state index is 12.3. The van der Waals surface area contributed by atoms with Gasteiger partial charge in [-0.05, 0) is 69.2 Å². The van der Waals surface area contributed by atoms with E-state index in [4.69, 9.17) is 65.7 Å². The number of anilines is 2. The van der Waals surface area contributed by atoms with Crippen LogP contribution in [0.2, 0.25) is 20.1 Å². The van der Waals surface area contributed by atoms with Gasteiger partial charge in [0.2, 0.25) is 0 Å². The number of rotatable bonds is 20. The predicted molar refractivity (Wildman–Crippen MR) is 211 cm³/mol. The van der Waals surface area contributed by atoms with Gasteiger partial charge >= 0.3 is 17.9 Å². The minimum atomic E-state index is -0.916. The second-order valence-electron chi connectivity index (χ2n) is 12.6. The molecule has 3 aromatic carbocycles. The summed E-state index contributed by atoms with van der Waals surface area (Å²) in [5.41, 5.74) is 2.01. The monoisotopic (exact) mass is 813 g/mol. The molecule has 3 aromatic rings. The fraction of sp³-hybridized carbons (Fsp3) is 0.421. The SMILES string of the molecule is COC(=O)[C@H](CCOCc1ccccc1)NCCN(CCC(=O)OC(C)(C)C)c1ccc(Cl)c(Cl)c1.O=CCN(CCC(=O)O)c1ccc(Cl)c(Cl)c1. The molecule has 53 heavy (non-hydrogen) atoms. The van der Waals surface area contributed by atoms with Crippen LogP contribution in [0.3, 0.4) is 0 Å². The first-order chi connectivity index (χ1) is 25.1. The quantitative estimate of drug-likeness (QED) is 0.0659. The van der Waals surface area contributed by atoms with Crippen LogP contribution in [-0.4, -0.2) is 87.4 Å². The summed E-state index contributed by atoms with van der Waals surface area (Å²) < 4.78 is 16.1. The number of carbonyl (C=O) groups is 4. The zero-order valence-corrected chi connectivity index (χ0v) is 33.3. The lowest BCUT2D eigenvalue weighted by molar-refractivity contribution is -0.154. The summed E-state index contributed by atoms with van der Waals surface area (Å²) in [6.07, 6.45) is 1.33. The van der Waals surface area contributed by atoms with Crippen molar-refractivity contribution in [3.63, 3.8) is 0 Å². The predicted octanol–water partition coefficient (Wildman–Crippen LogP) is 7.74. The van der Waals surface area contributed by atoms with Crippen LogP contribution in [0, 0.1) is 0 Å². The highest BCUT2D eigenvalue weighted by atomic mass is 35.5. The smallest absolute Gasteiger partial charge is 0.322 e. The molecule has 0 saturated carbocycles. The second-order valence-corrected chi connectivity index (χ2v) is 14.3. The summed E-state index contributed by atoms with van der Waals surface area (Å²) in [6.45, 7) is 8.13. The lowest BCUT2D eigenvalue weighted by Gasteiger charge is -2.27. The van der Waals surface area contributed by atoms with Crippen LogP contribution in [-0.2, 0) is 40.0 Å². The van der Waals surface area contributed by atoms with Crippen LogP contribution < -0.4 is 15.1 Å². The minimum absolute atomic E-state index is 0.0475. The Kier molecular flexibility index (Phi) is 20.6. The average molecular weight is 816 g/mol. The van der Waals surface area contributed by atoms with Gasteiger partial charge in [0.1, 0.15) is 17.9 Å².